The van der Waals surface area contributed by atoms with Crippen LogP contribution in [0.5, 0.6) is 0 Å². The number of hydrogen-bond acceptors (Lipinski definition) is 3. The summed E-state index contributed by atoms with van der Waals surface area (Å²) in [5, 5.41) is 10.6. The van der Waals surface area contributed by atoms with E-state index < -0.39 is 6.10 Å². The number of hydrogen-bond donors (Lipinski definition) is 0. The Hall–Kier alpha value is -0.610. The van der Waals surface area contributed by atoms with Gasteiger partial charge in [0.1, 0.15) is 12.7 Å². The zero-order valence-electron chi connectivity index (χ0n) is 8.95. The zero-order chi connectivity index (χ0) is 10.8. The predicted octanol–water partition coefficient (Wildman–Crippen LogP) is 1.56. The van der Waals surface area contributed by atoms with Crippen LogP contribution in [-0.2, 0) is 19.4 Å². The van der Waals surface area contributed by atoms with Gasteiger partial charge in [0, 0.05) is 20.1 Å². The molecule has 4 nitrogen and oxygen atoms in total. The molecule has 0 aromatic heterocycles. The molecule has 0 aliphatic heterocycles. The topological polar surface area (TPSA) is 55.4 Å². The molecule has 0 aromatic rings. The van der Waals surface area contributed by atoms with Gasteiger partial charge >= 0.3 is 5.97 Å². The van der Waals surface area contributed by atoms with E-state index in [1.807, 2.05) is 6.92 Å². The van der Waals surface area contributed by atoms with E-state index in [-0.39, 0.29) is 12.6 Å². The van der Waals surface area contributed by atoms with Gasteiger partial charge in [0.15, 0.2) is 0 Å². The summed E-state index contributed by atoms with van der Waals surface area (Å²) in [6.45, 7) is 4.37. The van der Waals surface area contributed by atoms with Crippen LogP contribution in [0.1, 0.15) is 33.1 Å². The van der Waals surface area contributed by atoms with Crippen molar-refractivity contribution >= 4 is 5.97 Å². The van der Waals surface area contributed by atoms with E-state index in [1.165, 1.54) is 6.92 Å². The molecule has 14 heavy (non-hydrogen) atoms. The number of ether oxygens (including phenoxy) is 2. The Morgan fingerprint density at radius 3 is 2.57 bits per heavy atom. The molecule has 0 aliphatic rings. The van der Waals surface area contributed by atoms with Crippen molar-refractivity contribution in [2.45, 2.75) is 39.2 Å². The Morgan fingerprint density at radius 2 is 2.07 bits per heavy atom. The maximum Gasteiger partial charge on any atom is 0.302 e. The van der Waals surface area contributed by atoms with Gasteiger partial charge in [-0.1, -0.05) is 6.92 Å². The van der Waals surface area contributed by atoms with Crippen molar-refractivity contribution < 1.29 is 19.4 Å². The lowest BCUT2D eigenvalue weighted by Crippen LogP contribution is -2.20. The van der Waals surface area contributed by atoms with Crippen LogP contribution in [0.2, 0.25) is 0 Å². The van der Waals surface area contributed by atoms with Crippen molar-refractivity contribution in [3.05, 3.63) is 0 Å². The second-order valence-corrected chi connectivity index (χ2v) is 3.15. The molecule has 0 aliphatic carbocycles. The number of carbonyl (C=O) groups is 1. The first kappa shape index (κ1) is 13.4. The van der Waals surface area contributed by atoms with Crippen LogP contribution in [0.4, 0.5) is 0 Å². The van der Waals surface area contributed by atoms with Crippen molar-refractivity contribution in [1.29, 1.82) is 0 Å². The molecule has 0 N–H and O–H groups in total. The molecule has 0 aromatic carbocycles. The van der Waals surface area contributed by atoms with Crippen molar-refractivity contribution in [3.63, 3.8) is 0 Å². The third-order valence-electron chi connectivity index (χ3n) is 1.68. The highest BCUT2D eigenvalue weighted by molar-refractivity contribution is 5.66. The minimum atomic E-state index is -0.488. The van der Waals surface area contributed by atoms with E-state index in [0.717, 1.165) is 19.4 Å². The minimum Gasteiger partial charge on any atom is -0.460 e. The smallest absolute Gasteiger partial charge is 0.302 e. The van der Waals surface area contributed by atoms with Gasteiger partial charge in [-0.05, 0) is 19.3 Å². The van der Waals surface area contributed by atoms with E-state index in [4.69, 9.17) is 9.47 Å². The second kappa shape index (κ2) is 8.97. The van der Waals surface area contributed by atoms with Gasteiger partial charge in [-0.3, -0.25) is 4.79 Å². The fourth-order valence-electron chi connectivity index (χ4n) is 1.07. The average molecular weight is 203 g/mol. The number of rotatable bonds is 8. The third-order valence-corrected chi connectivity index (χ3v) is 1.68. The maximum absolute atomic E-state index is 10.6. The Morgan fingerprint density at radius 1 is 1.36 bits per heavy atom. The highest BCUT2D eigenvalue weighted by Crippen LogP contribution is 2.02. The largest absolute Gasteiger partial charge is 0.460 e. The second-order valence-electron chi connectivity index (χ2n) is 3.15. The molecule has 1 radical (unpaired) electrons. The molecule has 0 bridgehead atoms. The SMILES string of the molecule is CCCOCCCC(C[O])OC(C)=O. The lowest BCUT2D eigenvalue weighted by atomic mass is 10.2. The van der Waals surface area contributed by atoms with Gasteiger partial charge in [0.25, 0.3) is 0 Å². The van der Waals surface area contributed by atoms with Crippen LogP contribution in [-0.4, -0.2) is 31.9 Å². The molecule has 0 rings (SSSR count). The standard InChI is InChI=1S/C10H19O4/c1-3-6-13-7-4-5-10(8-11)14-9(2)12/h10H,3-8H2,1-2H3. The summed E-state index contributed by atoms with van der Waals surface area (Å²) in [6, 6.07) is 0. The molecule has 83 valence electrons. The molecule has 0 spiro atoms. The maximum atomic E-state index is 10.6. The minimum absolute atomic E-state index is 0.368. The fourth-order valence-corrected chi connectivity index (χ4v) is 1.07. The third kappa shape index (κ3) is 8.01. The van der Waals surface area contributed by atoms with Crippen molar-refractivity contribution in [2.24, 2.45) is 0 Å². The van der Waals surface area contributed by atoms with E-state index in [0.29, 0.717) is 13.0 Å². The predicted molar refractivity (Wildman–Crippen MR) is 51.5 cm³/mol. The molecular formula is C10H19O4. The van der Waals surface area contributed by atoms with Gasteiger partial charge in [-0.25, -0.2) is 5.11 Å². The molecular weight excluding hydrogens is 184 g/mol. The van der Waals surface area contributed by atoms with E-state index in [2.05, 4.69) is 0 Å². The molecule has 4 heteroatoms. The Bertz CT molecular complexity index is 147. The normalized spacial score (nSPS) is 12.5. The van der Waals surface area contributed by atoms with Crippen LogP contribution in [0, 0.1) is 0 Å². The molecule has 0 amide bonds. The summed E-state index contributed by atoms with van der Waals surface area (Å²) in [5.74, 6) is -0.389. The number of esters is 1. The summed E-state index contributed by atoms with van der Waals surface area (Å²) in [7, 11) is 0. The summed E-state index contributed by atoms with van der Waals surface area (Å²) < 4.78 is 10.0. The monoisotopic (exact) mass is 203 g/mol. The number of carbonyl (C=O) groups excluding carboxylic acids is 1. The van der Waals surface area contributed by atoms with Crippen molar-refractivity contribution in [1.82, 2.24) is 0 Å². The first-order chi connectivity index (χ1) is 6.70. The molecule has 0 saturated carbocycles. The van der Waals surface area contributed by atoms with Crippen LogP contribution in [0.25, 0.3) is 0 Å². The summed E-state index contributed by atoms with van der Waals surface area (Å²) >= 11 is 0. The highest BCUT2D eigenvalue weighted by atomic mass is 16.5. The summed E-state index contributed by atoms with van der Waals surface area (Å²) in [4.78, 5) is 10.6. The highest BCUT2D eigenvalue weighted by Gasteiger charge is 2.10. The van der Waals surface area contributed by atoms with Gasteiger partial charge in [0.2, 0.25) is 0 Å². The Kier molecular flexibility index (Phi) is 8.57. The summed E-state index contributed by atoms with van der Waals surface area (Å²) in [5.41, 5.74) is 0. The zero-order valence-corrected chi connectivity index (χ0v) is 8.95. The van der Waals surface area contributed by atoms with Gasteiger partial charge < -0.3 is 9.47 Å². The first-order valence-corrected chi connectivity index (χ1v) is 5.03. The lowest BCUT2D eigenvalue weighted by molar-refractivity contribution is -0.150. The average Bonchev–Trinajstić information content (AvgIpc) is 2.15. The fraction of sp³-hybridized carbons (Fsp3) is 0.900. The lowest BCUT2D eigenvalue weighted by Gasteiger charge is -2.12. The Balaban J connectivity index is 3.38. The van der Waals surface area contributed by atoms with E-state index in [1.54, 1.807) is 0 Å². The molecule has 0 fully saturated rings. The van der Waals surface area contributed by atoms with Gasteiger partial charge in [0.05, 0.1) is 0 Å². The van der Waals surface area contributed by atoms with Crippen LogP contribution >= 0.6 is 0 Å². The van der Waals surface area contributed by atoms with Crippen molar-refractivity contribution in [2.75, 3.05) is 19.8 Å². The van der Waals surface area contributed by atoms with Crippen molar-refractivity contribution in [3.8, 4) is 0 Å². The Labute approximate surface area is 85.2 Å². The molecule has 1 atom stereocenters. The van der Waals surface area contributed by atoms with Crippen LogP contribution in [0.15, 0.2) is 0 Å². The molecule has 0 heterocycles. The van der Waals surface area contributed by atoms with E-state index in [9.17, 15) is 9.90 Å². The van der Waals surface area contributed by atoms with Crippen LogP contribution in [0.3, 0.4) is 0 Å². The van der Waals surface area contributed by atoms with E-state index >= 15 is 0 Å². The summed E-state index contributed by atoms with van der Waals surface area (Å²) in [6.07, 6.45) is 1.86. The van der Waals surface area contributed by atoms with Crippen LogP contribution < -0.4 is 0 Å². The van der Waals surface area contributed by atoms with Gasteiger partial charge in [-0.15, -0.1) is 0 Å². The molecule has 0 saturated heterocycles. The van der Waals surface area contributed by atoms with Gasteiger partial charge in [-0.2, -0.15) is 0 Å². The molecule has 1 unspecified atom stereocenters. The quantitative estimate of drug-likeness (QED) is 0.444. The first-order valence-electron chi connectivity index (χ1n) is 5.03.